The van der Waals surface area contributed by atoms with Crippen LogP contribution in [0.15, 0.2) is 53.6 Å². The molecule has 0 aromatic heterocycles. The van der Waals surface area contributed by atoms with Crippen molar-refractivity contribution in [2.75, 3.05) is 32.6 Å². The summed E-state index contributed by atoms with van der Waals surface area (Å²) < 4.78 is 5.12. The summed E-state index contributed by atoms with van der Waals surface area (Å²) in [6.45, 7) is -0.187. The summed E-state index contributed by atoms with van der Waals surface area (Å²) in [4.78, 5) is 25.9. The molecule has 0 atom stereocenters. The molecule has 7 nitrogen and oxygen atoms in total. The summed E-state index contributed by atoms with van der Waals surface area (Å²) in [7, 11) is 5.41. The van der Waals surface area contributed by atoms with Gasteiger partial charge in [0.2, 0.25) is 0 Å². The van der Waals surface area contributed by atoms with Gasteiger partial charge in [0.05, 0.1) is 25.4 Å². The largest absolute Gasteiger partial charge is 0.496 e. The molecule has 0 aliphatic heterocycles. The van der Waals surface area contributed by atoms with Crippen LogP contribution in [0.25, 0.3) is 0 Å². The quantitative estimate of drug-likeness (QED) is 0.585. The summed E-state index contributed by atoms with van der Waals surface area (Å²) in [6.07, 6.45) is 1.54. The Balaban J connectivity index is 1.82. The standard InChI is InChI=1S/C19H22N4O3/c1-23(2)15-10-8-14(9-11-15)12-21-22-18(24)13-20-19(25)16-6-4-5-7-17(16)26-3/h4-12H,13H2,1-3H3,(H,20,25)(H,22,24)/b21-12+. The highest BCUT2D eigenvalue weighted by atomic mass is 16.5. The molecular formula is C19H22N4O3. The summed E-state index contributed by atoms with van der Waals surface area (Å²) in [5.74, 6) is -0.361. The number of anilines is 1. The van der Waals surface area contributed by atoms with Crippen LogP contribution < -0.4 is 20.4 Å². The van der Waals surface area contributed by atoms with Crippen molar-refractivity contribution in [3.63, 3.8) is 0 Å². The SMILES string of the molecule is COc1ccccc1C(=O)NCC(=O)N/N=C/c1ccc(N(C)C)cc1. The molecule has 7 heteroatoms. The second-order valence-corrected chi connectivity index (χ2v) is 5.66. The predicted octanol–water partition coefficient (Wildman–Crippen LogP) is 1.64. The predicted molar refractivity (Wildman–Crippen MR) is 102 cm³/mol. The van der Waals surface area contributed by atoms with E-state index in [2.05, 4.69) is 15.8 Å². The molecule has 2 amide bonds. The van der Waals surface area contributed by atoms with Crippen molar-refractivity contribution in [3.05, 3.63) is 59.7 Å². The van der Waals surface area contributed by atoms with Crippen LogP contribution in [0.1, 0.15) is 15.9 Å². The van der Waals surface area contributed by atoms with E-state index >= 15 is 0 Å². The maximum Gasteiger partial charge on any atom is 0.259 e. The monoisotopic (exact) mass is 354 g/mol. The van der Waals surface area contributed by atoms with E-state index in [0.29, 0.717) is 11.3 Å². The van der Waals surface area contributed by atoms with Crippen LogP contribution in [-0.4, -0.2) is 45.8 Å². The van der Waals surface area contributed by atoms with Crippen LogP contribution in [0.2, 0.25) is 0 Å². The van der Waals surface area contributed by atoms with Gasteiger partial charge in [-0.3, -0.25) is 9.59 Å². The van der Waals surface area contributed by atoms with Crippen LogP contribution in [-0.2, 0) is 4.79 Å². The number of carbonyl (C=O) groups excluding carboxylic acids is 2. The average Bonchev–Trinajstić information content (AvgIpc) is 2.66. The number of amides is 2. The topological polar surface area (TPSA) is 83.0 Å². The Bertz CT molecular complexity index is 786. The van der Waals surface area contributed by atoms with E-state index in [-0.39, 0.29) is 12.5 Å². The van der Waals surface area contributed by atoms with Gasteiger partial charge >= 0.3 is 0 Å². The Morgan fingerprint density at radius 3 is 2.46 bits per heavy atom. The highest BCUT2D eigenvalue weighted by Gasteiger charge is 2.12. The second-order valence-electron chi connectivity index (χ2n) is 5.66. The maximum absolute atomic E-state index is 12.1. The van der Waals surface area contributed by atoms with E-state index in [0.717, 1.165) is 11.3 Å². The minimum atomic E-state index is -0.422. The molecule has 0 unspecified atom stereocenters. The number of methoxy groups -OCH3 is 1. The summed E-state index contributed by atoms with van der Waals surface area (Å²) in [5, 5.41) is 6.42. The van der Waals surface area contributed by atoms with Gasteiger partial charge in [0.1, 0.15) is 5.75 Å². The van der Waals surface area contributed by atoms with Gasteiger partial charge in [-0.25, -0.2) is 5.43 Å². The Hall–Kier alpha value is -3.35. The lowest BCUT2D eigenvalue weighted by molar-refractivity contribution is -0.120. The molecular weight excluding hydrogens is 332 g/mol. The van der Waals surface area contributed by atoms with Gasteiger partial charge in [-0.2, -0.15) is 5.10 Å². The first kappa shape index (κ1) is 19.0. The van der Waals surface area contributed by atoms with Crippen molar-refractivity contribution in [2.45, 2.75) is 0 Å². The third kappa shape index (κ3) is 5.34. The van der Waals surface area contributed by atoms with Crippen molar-refractivity contribution in [1.29, 1.82) is 0 Å². The molecule has 2 aromatic carbocycles. The molecule has 0 spiro atoms. The van der Waals surface area contributed by atoms with E-state index in [4.69, 9.17) is 4.74 Å². The Morgan fingerprint density at radius 1 is 1.12 bits per heavy atom. The molecule has 0 saturated carbocycles. The van der Waals surface area contributed by atoms with E-state index in [9.17, 15) is 9.59 Å². The van der Waals surface area contributed by atoms with Crippen molar-refractivity contribution in [1.82, 2.24) is 10.7 Å². The Morgan fingerprint density at radius 2 is 1.81 bits per heavy atom. The molecule has 0 heterocycles. The third-order valence-corrected chi connectivity index (χ3v) is 3.57. The molecule has 0 aliphatic carbocycles. The molecule has 0 saturated heterocycles. The molecule has 0 bridgehead atoms. The van der Waals surface area contributed by atoms with Crippen LogP contribution in [0.3, 0.4) is 0 Å². The lowest BCUT2D eigenvalue weighted by Gasteiger charge is -2.11. The number of para-hydroxylation sites is 1. The van der Waals surface area contributed by atoms with Gasteiger partial charge in [0.15, 0.2) is 0 Å². The van der Waals surface area contributed by atoms with E-state index < -0.39 is 5.91 Å². The van der Waals surface area contributed by atoms with E-state index in [1.807, 2.05) is 43.3 Å². The van der Waals surface area contributed by atoms with Crippen molar-refractivity contribution < 1.29 is 14.3 Å². The minimum Gasteiger partial charge on any atom is -0.496 e. The van der Waals surface area contributed by atoms with Crippen molar-refractivity contribution in [2.24, 2.45) is 5.10 Å². The normalized spacial score (nSPS) is 10.4. The van der Waals surface area contributed by atoms with Crippen LogP contribution in [0.4, 0.5) is 5.69 Å². The van der Waals surface area contributed by atoms with Crippen molar-refractivity contribution in [3.8, 4) is 5.75 Å². The summed E-state index contributed by atoms with van der Waals surface area (Å²) in [5.41, 5.74) is 4.68. The first-order chi connectivity index (χ1) is 12.5. The van der Waals surface area contributed by atoms with Crippen LogP contribution >= 0.6 is 0 Å². The molecule has 2 aromatic rings. The average molecular weight is 354 g/mol. The zero-order chi connectivity index (χ0) is 18.9. The first-order valence-electron chi connectivity index (χ1n) is 8.01. The number of rotatable bonds is 7. The van der Waals surface area contributed by atoms with Gasteiger partial charge in [0.25, 0.3) is 11.8 Å². The smallest absolute Gasteiger partial charge is 0.259 e. The third-order valence-electron chi connectivity index (χ3n) is 3.57. The number of hydrogen-bond acceptors (Lipinski definition) is 5. The highest BCUT2D eigenvalue weighted by molar-refractivity contribution is 5.98. The van der Waals surface area contributed by atoms with Gasteiger partial charge in [-0.1, -0.05) is 24.3 Å². The Kier molecular flexibility index (Phi) is 6.73. The lowest BCUT2D eigenvalue weighted by Crippen LogP contribution is -2.35. The fraction of sp³-hybridized carbons (Fsp3) is 0.211. The summed E-state index contributed by atoms with van der Waals surface area (Å²) >= 11 is 0. The first-order valence-corrected chi connectivity index (χ1v) is 8.01. The number of hydrogen-bond donors (Lipinski definition) is 2. The van der Waals surface area contributed by atoms with Gasteiger partial charge in [-0.15, -0.1) is 0 Å². The fourth-order valence-electron chi connectivity index (χ4n) is 2.16. The molecule has 26 heavy (non-hydrogen) atoms. The zero-order valence-electron chi connectivity index (χ0n) is 15.0. The maximum atomic E-state index is 12.1. The summed E-state index contributed by atoms with van der Waals surface area (Å²) in [6, 6.07) is 14.5. The Labute approximate surface area is 152 Å². The van der Waals surface area contributed by atoms with E-state index in [1.165, 1.54) is 7.11 Å². The number of carbonyl (C=O) groups is 2. The molecule has 136 valence electrons. The molecule has 0 radical (unpaired) electrons. The number of hydrazone groups is 1. The number of benzene rings is 2. The molecule has 0 aliphatic rings. The number of nitrogens with one attached hydrogen (secondary N) is 2. The highest BCUT2D eigenvalue weighted by Crippen LogP contribution is 2.16. The van der Waals surface area contributed by atoms with Gasteiger partial charge < -0.3 is 15.0 Å². The fourth-order valence-corrected chi connectivity index (χ4v) is 2.16. The lowest BCUT2D eigenvalue weighted by atomic mass is 10.2. The second kappa shape index (κ2) is 9.22. The number of ether oxygens (including phenoxy) is 1. The van der Waals surface area contributed by atoms with E-state index in [1.54, 1.807) is 30.5 Å². The van der Waals surface area contributed by atoms with Gasteiger partial charge in [-0.05, 0) is 29.8 Å². The van der Waals surface area contributed by atoms with Crippen LogP contribution in [0.5, 0.6) is 5.75 Å². The minimum absolute atomic E-state index is 0.187. The van der Waals surface area contributed by atoms with Crippen molar-refractivity contribution >= 4 is 23.7 Å². The van der Waals surface area contributed by atoms with Gasteiger partial charge in [0, 0.05) is 19.8 Å². The zero-order valence-corrected chi connectivity index (χ0v) is 15.0. The molecule has 2 N–H and O–H groups in total. The molecule has 2 rings (SSSR count). The molecule has 0 fully saturated rings. The van der Waals surface area contributed by atoms with Crippen LogP contribution in [0, 0.1) is 0 Å². The number of nitrogens with zero attached hydrogens (tertiary/aromatic N) is 2.